The highest BCUT2D eigenvalue weighted by molar-refractivity contribution is 6.09. The molecule has 0 radical (unpaired) electrons. The van der Waals surface area contributed by atoms with Crippen LogP contribution in [0.15, 0.2) is 48.7 Å². The van der Waals surface area contributed by atoms with Crippen molar-refractivity contribution in [2.45, 2.75) is 24.9 Å². The minimum Gasteiger partial charge on any atom is -0.493 e. The van der Waals surface area contributed by atoms with Crippen molar-refractivity contribution in [2.24, 2.45) is 11.7 Å². The Morgan fingerprint density at radius 2 is 1.70 bits per heavy atom. The van der Waals surface area contributed by atoms with Crippen LogP contribution >= 0.6 is 0 Å². The summed E-state index contributed by atoms with van der Waals surface area (Å²) in [5.41, 5.74) is 2.28. The van der Waals surface area contributed by atoms with Crippen molar-refractivity contribution in [1.82, 2.24) is 4.98 Å². The zero-order chi connectivity index (χ0) is 31.7. The molecule has 3 N–H and O–H groups in total. The van der Waals surface area contributed by atoms with Gasteiger partial charge in [0.15, 0.2) is 11.5 Å². The Bertz CT molecular complexity index is 1540. The lowest BCUT2D eigenvalue weighted by Crippen LogP contribution is -2.20. The number of nitrogens with two attached hydrogens (primary N) is 1. The fraction of sp³-hybridized carbons (Fsp3) is 0.269. The first kappa shape index (κ1) is 31.1. The molecule has 3 aromatic rings. The Hall–Kier alpha value is -4.83. The van der Waals surface area contributed by atoms with Crippen molar-refractivity contribution in [3.05, 3.63) is 65.5 Å². The standard InChI is InChI=1S/C26H19F8N3O6/c1-40-19-9-14(43-26(32,33)34)2-4-17(19)42-18-5-3-15(25(29,30)31)21(41-11-12-10-24(12,27)28)20(18)23(39)37-13-6-7-36-16(8-13)22(35)38/h2-9,12H,10-11H2,1H3,(H2,35,38)(H,36,37,39). The van der Waals surface area contributed by atoms with Gasteiger partial charge >= 0.3 is 12.5 Å². The Kier molecular flexibility index (Phi) is 8.28. The minimum absolute atomic E-state index is 0.150. The summed E-state index contributed by atoms with van der Waals surface area (Å²) in [7, 11) is 1.05. The molecule has 1 saturated carbocycles. The number of ether oxygens (including phenoxy) is 4. The van der Waals surface area contributed by atoms with E-state index in [-0.39, 0.29) is 22.9 Å². The lowest BCUT2D eigenvalue weighted by Gasteiger charge is -2.21. The van der Waals surface area contributed by atoms with Gasteiger partial charge in [-0.2, -0.15) is 13.2 Å². The largest absolute Gasteiger partial charge is 0.573 e. The van der Waals surface area contributed by atoms with E-state index in [1.165, 1.54) is 6.07 Å². The number of amides is 2. The monoisotopic (exact) mass is 621 g/mol. The summed E-state index contributed by atoms with van der Waals surface area (Å²) in [4.78, 5) is 28.6. The van der Waals surface area contributed by atoms with Gasteiger partial charge in [0, 0.05) is 24.4 Å². The number of hydrogen-bond acceptors (Lipinski definition) is 7. The number of benzene rings is 2. The summed E-state index contributed by atoms with van der Waals surface area (Å²) in [6.07, 6.45) is -9.78. The second kappa shape index (κ2) is 11.4. The SMILES string of the molecule is COc1cc(OC(F)(F)F)ccc1Oc1ccc(C(F)(F)F)c(OCC2CC2(F)F)c1C(=O)Nc1ccnc(C(N)=O)c1. The van der Waals surface area contributed by atoms with Gasteiger partial charge in [0.25, 0.3) is 17.7 Å². The number of pyridine rings is 1. The van der Waals surface area contributed by atoms with Gasteiger partial charge in [-0.3, -0.25) is 14.6 Å². The highest BCUT2D eigenvalue weighted by Gasteiger charge is 2.57. The van der Waals surface area contributed by atoms with Crippen LogP contribution in [0.5, 0.6) is 28.7 Å². The second-order valence-electron chi connectivity index (χ2n) is 9.00. The molecular formula is C26H19F8N3O6. The highest BCUT2D eigenvalue weighted by atomic mass is 19.4. The molecule has 1 aromatic heterocycles. The van der Waals surface area contributed by atoms with Gasteiger partial charge < -0.3 is 30.0 Å². The van der Waals surface area contributed by atoms with Crippen molar-refractivity contribution in [2.75, 3.05) is 19.0 Å². The fourth-order valence-corrected chi connectivity index (χ4v) is 3.76. The average molecular weight is 621 g/mol. The second-order valence-corrected chi connectivity index (χ2v) is 9.00. The van der Waals surface area contributed by atoms with Crippen LogP contribution in [0.25, 0.3) is 0 Å². The van der Waals surface area contributed by atoms with Gasteiger partial charge in [-0.15, -0.1) is 13.2 Å². The minimum atomic E-state index is -5.14. The summed E-state index contributed by atoms with van der Waals surface area (Å²) in [5, 5.41) is 2.24. The first-order chi connectivity index (χ1) is 20.0. The zero-order valence-corrected chi connectivity index (χ0v) is 21.6. The van der Waals surface area contributed by atoms with E-state index in [1.54, 1.807) is 0 Å². The normalized spacial score (nSPS) is 15.8. The number of aromatic nitrogens is 1. The predicted octanol–water partition coefficient (Wildman–Crippen LogP) is 6.19. The molecule has 1 aliphatic carbocycles. The van der Waals surface area contributed by atoms with Gasteiger partial charge in [0.2, 0.25) is 0 Å². The number of methoxy groups -OCH3 is 1. The first-order valence-electron chi connectivity index (χ1n) is 11.9. The maximum absolute atomic E-state index is 14.0. The van der Waals surface area contributed by atoms with Crippen LogP contribution in [-0.4, -0.2) is 42.8 Å². The molecule has 9 nitrogen and oxygen atoms in total. The molecule has 1 fully saturated rings. The maximum Gasteiger partial charge on any atom is 0.573 e. The lowest BCUT2D eigenvalue weighted by molar-refractivity contribution is -0.274. The van der Waals surface area contributed by atoms with Crippen molar-refractivity contribution in [3.63, 3.8) is 0 Å². The van der Waals surface area contributed by atoms with Crippen molar-refractivity contribution >= 4 is 17.5 Å². The molecule has 1 unspecified atom stereocenters. The molecule has 0 bridgehead atoms. The number of rotatable bonds is 10. The van der Waals surface area contributed by atoms with E-state index in [4.69, 9.17) is 19.9 Å². The molecule has 0 spiro atoms. The molecule has 0 saturated heterocycles. The third-order valence-corrected chi connectivity index (χ3v) is 5.90. The quantitative estimate of drug-likeness (QED) is 0.259. The number of primary amides is 1. The Balaban J connectivity index is 1.81. The molecular weight excluding hydrogens is 602 g/mol. The van der Waals surface area contributed by atoms with Crippen LogP contribution in [0.3, 0.4) is 0 Å². The number of anilines is 1. The topological polar surface area (TPSA) is 122 Å². The molecule has 17 heteroatoms. The first-order valence-corrected chi connectivity index (χ1v) is 11.9. The van der Waals surface area contributed by atoms with E-state index in [2.05, 4.69) is 15.0 Å². The maximum atomic E-state index is 14.0. The van der Waals surface area contributed by atoms with Crippen molar-refractivity contribution < 1.29 is 63.7 Å². The summed E-state index contributed by atoms with van der Waals surface area (Å²) in [6.45, 7) is -0.895. The highest BCUT2D eigenvalue weighted by Crippen LogP contribution is 2.50. The molecule has 230 valence electrons. The van der Waals surface area contributed by atoms with Gasteiger partial charge in [-0.05, 0) is 36.4 Å². The molecule has 0 aliphatic heterocycles. The van der Waals surface area contributed by atoms with Crippen LogP contribution < -0.4 is 30.0 Å². The number of carbonyl (C=O) groups excluding carboxylic acids is 2. The Morgan fingerprint density at radius 1 is 1.02 bits per heavy atom. The molecule has 4 rings (SSSR count). The van der Waals surface area contributed by atoms with E-state index >= 15 is 0 Å². The average Bonchev–Trinajstić information content (AvgIpc) is 3.52. The number of hydrogen-bond donors (Lipinski definition) is 2. The van der Waals surface area contributed by atoms with Crippen molar-refractivity contribution in [1.29, 1.82) is 0 Å². The van der Waals surface area contributed by atoms with Crippen LogP contribution in [-0.2, 0) is 6.18 Å². The smallest absolute Gasteiger partial charge is 0.493 e. The molecule has 1 aliphatic rings. The predicted molar refractivity (Wildman–Crippen MR) is 130 cm³/mol. The number of alkyl halides is 8. The van der Waals surface area contributed by atoms with Crippen LogP contribution in [0.4, 0.5) is 40.8 Å². The van der Waals surface area contributed by atoms with E-state index in [0.717, 1.165) is 43.6 Å². The van der Waals surface area contributed by atoms with E-state index < -0.39 is 77.6 Å². The van der Waals surface area contributed by atoms with Gasteiger partial charge in [-0.25, -0.2) is 8.78 Å². The summed E-state index contributed by atoms with van der Waals surface area (Å²) < 4.78 is 127. The number of nitrogens with one attached hydrogen (secondary N) is 1. The number of nitrogens with zero attached hydrogens (tertiary/aromatic N) is 1. The van der Waals surface area contributed by atoms with Crippen LogP contribution in [0, 0.1) is 5.92 Å². The van der Waals surface area contributed by atoms with Gasteiger partial charge in [0.1, 0.15) is 28.5 Å². The molecule has 2 aromatic carbocycles. The molecule has 2 amide bonds. The van der Waals surface area contributed by atoms with E-state index in [9.17, 15) is 44.7 Å². The van der Waals surface area contributed by atoms with E-state index in [1.807, 2.05) is 0 Å². The summed E-state index contributed by atoms with van der Waals surface area (Å²) >= 11 is 0. The molecule has 1 atom stereocenters. The summed E-state index contributed by atoms with van der Waals surface area (Å²) in [6, 6.07) is 5.88. The van der Waals surface area contributed by atoms with Gasteiger partial charge in [0.05, 0.1) is 25.2 Å². The molecule has 43 heavy (non-hydrogen) atoms. The fourth-order valence-electron chi connectivity index (χ4n) is 3.76. The van der Waals surface area contributed by atoms with Gasteiger partial charge in [-0.1, -0.05) is 0 Å². The van der Waals surface area contributed by atoms with E-state index in [0.29, 0.717) is 6.07 Å². The Morgan fingerprint density at radius 3 is 2.28 bits per heavy atom. The third-order valence-electron chi connectivity index (χ3n) is 5.90. The van der Waals surface area contributed by atoms with Crippen LogP contribution in [0.2, 0.25) is 0 Å². The zero-order valence-electron chi connectivity index (χ0n) is 21.6. The third kappa shape index (κ3) is 7.52. The lowest BCUT2D eigenvalue weighted by atomic mass is 10.1. The van der Waals surface area contributed by atoms with Crippen molar-refractivity contribution in [3.8, 4) is 28.7 Å². The molecule has 1 heterocycles. The summed E-state index contributed by atoms with van der Waals surface area (Å²) in [5.74, 6) is -10.2. The Labute approximate surface area is 236 Å². The number of halogens is 8. The van der Waals surface area contributed by atoms with Crippen LogP contribution in [0.1, 0.15) is 32.8 Å². The number of carbonyl (C=O) groups is 2.